The van der Waals surface area contributed by atoms with Gasteiger partial charge in [0, 0.05) is 32.4 Å². The zero-order valence-electron chi connectivity index (χ0n) is 25.1. The molecule has 3 amide bonds. The first-order chi connectivity index (χ1) is 20.5. The van der Waals surface area contributed by atoms with E-state index in [1.54, 1.807) is 0 Å². The highest BCUT2D eigenvalue weighted by Gasteiger charge is 2.24. The quantitative estimate of drug-likeness (QED) is 0.0549. The third-order valence-electron chi connectivity index (χ3n) is 6.86. The minimum Gasteiger partial charge on any atom is -0.481 e. The lowest BCUT2D eigenvalue weighted by Crippen LogP contribution is -2.48. The Morgan fingerprint density at radius 3 is 1.67 bits per heavy atom. The third kappa shape index (κ3) is 22.7. The van der Waals surface area contributed by atoms with Crippen LogP contribution in [0.2, 0.25) is 0 Å². The molecule has 0 aliphatic heterocycles. The lowest BCUT2D eigenvalue weighted by atomic mass is 10.0. The second-order valence-corrected chi connectivity index (χ2v) is 10.6. The Kier molecular flexibility index (Phi) is 22.9. The number of nitrogens with one attached hydrogen (secondary N) is 2. The van der Waals surface area contributed by atoms with E-state index in [0.717, 1.165) is 75.5 Å². The summed E-state index contributed by atoms with van der Waals surface area (Å²) in [6.45, 7) is -0.471. The van der Waals surface area contributed by atoms with Crippen LogP contribution in [0.4, 0.5) is 0 Å². The summed E-state index contributed by atoms with van der Waals surface area (Å²) in [5.74, 6) is -4.90. The molecule has 0 heterocycles. The molecule has 0 spiro atoms. The molecule has 0 aromatic rings. The van der Waals surface area contributed by atoms with Crippen LogP contribution in [0.15, 0.2) is 0 Å². The summed E-state index contributed by atoms with van der Waals surface area (Å²) in [4.78, 5) is 81.2. The Balaban J connectivity index is 4.07. The van der Waals surface area contributed by atoms with E-state index in [2.05, 4.69) is 10.6 Å². The van der Waals surface area contributed by atoms with E-state index in [1.807, 2.05) is 0 Å². The van der Waals surface area contributed by atoms with Crippen molar-refractivity contribution in [1.29, 1.82) is 0 Å². The first kappa shape index (κ1) is 39.5. The molecule has 0 aromatic carbocycles. The van der Waals surface area contributed by atoms with Crippen LogP contribution >= 0.6 is 0 Å². The lowest BCUT2D eigenvalue weighted by Gasteiger charge is -2.23. The smallest absolute Gasteiger partial charge is 0.326 e. The van der Waals surface area contributed by atoms with Crippen molar-refractivity contribution in [2.45, 2.75) is 121 Å². The molecule has 0 aromatic heterocycles. The van der Waals surface area contributed by atoms with Crippen LogP contribution in [0.1, 0.15) is 109 Å². The Labute approximate surface area is 253 Å². The molecule has 0 saturated carbocycles. The maximum Gasteiger partial charge on any atom is 0.326 e. The lowest BCUT2D eigenvalue weighted by molar-refractivity contribution is -0.142. The number of nitrogens with two attached hydrogens (primary N) is 1. The van der Waals surface area contributed by atoms with Crippen molar-refractivity contribution in [2.24, 2.45) is 5.73 Å². The molecular formula is C29H50N4O10. The van der Waals surface area contributed by atoms with Gasteiger partial charge in [-0.3, -0.25) is 24.0 Å². The summed E-state index contributed by atoms with van der Waals surface area (Å²) in [7, 11) is 0. The average Bonchev–Trinajstić information content (AvgIpc) is 2.93. The number of hydrogen-bond donors (Lipinski definition) is 6. The van der Waals surface area contributed by atoms with Gasteiger partial charge in [0.25, 0.3) is 0 Å². The minimum absolute atomic E-state index is 0.0571. The Morgan fingerprint density at radius 1 is 0.698 bits per heavy atom. The van der Waals surface area contributed by atoms with E-state index in [1.165, 1.54) is 0 Å². The van der Waals surface area contributed by atoms with Gasteiger partial charge in [0.15, 0.2) is 0 Å². The third-order valence-corrected chi connectivity index (χ3v) is 6.86. The van der Waals surface area contributed by atoms with Gasteiger partial charge in [0.2, 0.25) is 17.7 Å². The normalized spacial score (nSPS) is 12.1. The SMILES string of the molecule is N[C@@H](CC(=O)O)C(=O)N(CC=O)CCNC(=O)CCC(NC(=O)CCCCCCCCCCCCCCC(=O)O)C(=O)O. The van der Waals surface area contributed by atoms with E-state index in [0.29, 0.717) is 12.7 Å². The van der Waals surface area contributed by atoms with Crippen molar-refractivity contribution in [2.75, 3.05) is 19.6 Å². The van der Waals surface area contributed by atoms with Crippen LogP contribution < -0.4 is 16.4 Å². The first-order valence-electron chi connectivity index (χ1n) is 15.2. The monoisotopic (exact) mass is 614 g/mol. The molecular weight excluding hydrogens is 564 g/mol. The summed E-state index contributed by atoms with van der Waals surface area (Å²) in [5, 5.41) is 31.8. The van der Waals surface area contributed by atoms with Crippen LogP contribution in [0.3, 0.4) is 0 Å². The molecule has 14 nitrogen and oxygen atoms in total. The molecule has 0 rings (SSSR count). The topological polar surface area (TPSA) is 233 Å². The van der Waals surface area contributed by atoms with Gasteiger partial charge >= 0.3 is 17.9 Å². The van der Waals surface area contributed by atoms with Crippen molar-refractivity contribution in [3.63, 3.8) is 0 Å². The highest BCUT2D eigenvalue weighted by molar-refractivity contribution is 5.87. The first-order valence-corrected chi connectivity index (χ1v) is 15.2. The zero-order valence-corrected chi connectivity index (χ0v) is 25.1. The van der Waals surface area contributed by atoms with Crippen LogP contribution in [-0.4, -0.2) is 93.9 Å². The number of nitrogens with zero attached hydrogens (tertiary/aromatic N) is 1. The summed E-state index contributed by atoms with van der Waals surface area (Å²) in [5.41, 5.74) is 5.55. The maximum absolute atomic E-state index is 12.2. The number of hydrogen-bond acceptors (Lipinski definition) is 8. The molecule has 246 valence electrons. The summed E-state index contributed by atoms with van der Waals surface area (Å²) in [6, 6.07) is -2.55. The molecule has 0 saturated heterocycles. The van der Waals surface area contributed by atoms with Gasteiger partial charge in [-0.15, -0.1) is 0 Å². The molecule has 43 heavy (non-hydrogen) atoms. The standard InChI is InChI=1S/C29H50N4O10/c30-22(21-27(39)40)28(41)33(19-20-34)18-17-31-24(35)16-15-23(29(42)43)32-25(36)13-11-9-7-5-3-1-2-4-6-8-10-12-14-26(37)38/h20,22-23H,1-19,21,30H2,(H,31,35)(H,32,36)(H,37,38)(H,39,40)(H,42,43)/t22-,23?/m0/s1. The number of aliphatic carboxylic acids is 3. The predicted molar refractivity (Wildman–Crippen MR) is 157 cm³/mol. The predicted octanol–water partition coefficient (Wildman–Crippen LogP) is 1.83. The van der Waals surface area contributed by atoms with Crippen LogP contribution in [0.5, 0.6) is 0 Å². The van der Waals surface area contributed by atoms with Gasteiger partial charge in [-0.25, -0.2) is 4.79 Å². The molecule has 0 fully saturated rings. The van der Waals surface area contributed by atoms with Crippen molar-refractivity contribution < 1.29 is 48.9 Å². The maximum atomic E-state index is 12.2. The van der Waals surface area contributed by atoms with E-state index in [-0.39, 0.29) is 45.3 Å². The van der Waals surface area contributed by atoms with Gasteiger partial charge in [-0.2, -0.15) is 0 Å². The molecule has 2 atom stereocenters. The molecule has 7 N–H and O–H groups in total. The molecule has 0 bridgehead atoms. The number of carboxylic acid groups (broad SMARTS) is 3. The molecule has 1 unspecified atom stereocenters. The summed E-state index contributed by atoms with van der Waals surface area (Å²) >= 11 is 0. The number of amides is 3. The van der Waals surface area contributed by atoms with Crippen molar-refractivity contribution in [3.05, 3.63) is 0 Å². The number of aldehydes is 1. The largest absolute Gasteiger partial charge is 0.481 e. The van der Waals surface area contributed by atoms with Crippen molar-refractivity contribution >= 4 is 41.9 Å². The molecule has 0 aliphatic carbocycles. The Bertz CT molecular complexity index is 883. The van der Waals surface area contributed by atoms with E-state index in [9.17, 15) is 38.7 Å². The number of unbranched alkanes of at least 4 members (excludes halogenated alkanes) is 11. The second kappa shape index (κ2) is 25.0. The number of rotatable bonds is 28. The van der Waals surface area contributed by atoms with Crippen LogP contribution in [-0.2, 0) is 33.6 Å². The number of carboxylic acids is 3. The molecule has 0 aliphatic rings. The minimum atomic E-state index is -1.33. The summed E-state index contributed by atoms with van der Waals surface area (Å²) < 4.78 is 0. The van der Waals surface area contributed by atoms with E-state index in [4.69, 9.17) is 15.9 Å². The Morgan fingerprint density at radius 2 is 1.21 bits per heavy atom. The van der Waals surface area contributed by atoms with Crippen molar-refractivity contribution in [3.8, 4) is 0 Å². The fourth-order valence-corrected chi connectivity index (χ4v) is 4.44. The highest BCUT2D eigenvalue weighted by atomic mass is 16.4. The van der Waals surface area contributed by atoms with Gasteiger partial charge in [-0.1, -0.05) is 64.2 Å². The fourth-order valence-electron chi connectivity index (χ4n) is 4.44. The van der Waals surface area contributed by atoms with E-state index < -0.39 is 54.1 Å². The average molecular weight is 615 g/mol. The van der Waals surface area contributed by atoms with Crippen LogP contribution in [0, 0.1) is 0 Å². The van der Waals surface area contributed by atoms with Gasteiger partial charge in [0.1, 0.15) is 12.3 Å². The number of carbonyl (C=O) groups excluding carboxylic acids is 4. The van der Waals surface area contributed by atoms with Crippen LogP contribution in [0.25, 0.3) is 0 Å². The highest BCUT2D eigenvalue weighted by Crippen LogP contribution is 2.13. The van der Waals surface area contributed by atoms with Gasteiger partial charge in [-0.05, 0) is 19.3 Å². The summed E-state index contributed by atoms with van der Waals surface area (Å²) in [6.07, 6.45) is 12.0. The Hall–Kier alpha value is -3.55. The second-order valence-electron chi connectivity index (χ2n) is 10.6. The fraction of sp³-hybridized carbons (Fsp3) is 0.759. The molecule has 0 radical (unpaired) electrons. The van der Waals surface area contributed by atoms with Gasteiger partial charge < -0.3 is 41.4 Å². The van der Waals surface area contributed by atoms with Gasteiger partial charge in [0.05, 0.1) is 19.0 Å². The number of carbonyl (C=O) groups is 7. The zero-order chi connectivity index (χ0) is 32.5. The van der Waals surface area contributed by atoms with E-state index >= 15 is 0 Å². The molecule has 14 heteroatoms. The van der Waals surface area contributed by atoms with Crippen molar-refractivity contribution in [1.82, 2.24) is 15.5 Å².